The minimum absolute atomic E-state index is 0.175. The van der Waals surface area contributed by atoms with E-state index in [-0.39, 0.29) is 11.4 Å². The van der Waals surface area contributed by atoms with Gasteiger partial charge in [0.25, 0.3) is 0 Å². The van der Waals surface area contributed by atoms with Gasteiger partial charge >= 0.3 is 0 Å². The lowest BCUT2D eigenvalue weighted by Gasteiger charge is -2.49. The predicted molar refractivity (Wildman–Crippen MR) is 95.8 cm³/mol. The van der Waals surface area contributed by atoms with Crippen LogP contribution in [0, 0.1) is 0 Å². The fourth-order valence-corrected chi connectivity index (χ4v) is 4.61. The van der Waals surface area contributed by atoms with Gasteiger partial charge in [0.05, 0.1) is 0 Å². The lowest BCUT2D eigenvalue weighted by Crippen LogP contribution is -2.61. The summed E-state index contributed by atoms with van der Waals surface area (Å²) in [6, 6.07) is 10.6. The first-order chi connectivity index (χ1) is 11.2. The number of likely N-dealkylation sites (N-methyl/N-ethyl adjacent to an activating group) is 1. The topological polar surface area (TPSA) is 35.6 Å². The van der Waals surface area contributed by atoms with E-state index < -0.39 is 0 Å². The van der Waals surface area contributed by atoms with E-state index in [0.717, 1.165) is 51.3 Å². The van der Waals surface area contributed by atoms with Crippen molar-refractivity contribution in [3.63, 3.8) is 0 Å². The number of benzene rings is 1. The van der Waals surface area contributed by atoms with Crippen LogP contribution in [-0.2, 0) is 4.79 Å². The Morgan fingerprint density at radius 2 is 2.04 bits per heavy atom. The molecule has 2 aliphatic rings. The van der Waals surface area contributed by atoms with E-state index in [4.69, 9.17) is 0 Å². The number of amides is 1. The smallest absolute Gasteiger partial charge is 0.220 e. The number of nitrogens with one attached hydrogen (secondary N) is 1. The molecule has 1 N–H and O–H groups in total. The van der Waals surface area contributed by atoms with Crippen molar-refractivity contribution in [2.75, 3.05) is 45.5 Å². The van der Waals surface area contributed by atoms with Gasteiger partial charge in [-0.1, -0.05) is 18.2 Å². The molecule has 0 bridgehead atoms. The molecule has 2 saturated heterocycles. The maximum atomic E-state index is 11.7. The average Bonchev–Trinajstić information content (AvgIpc) is 2.75. The molecule has 5 heteroatoms. The summed E-state index contributed by atoms with van der Waals surface area (Å²) in [6.07, 6.45) is 2.71. The van der Waals surface area contributed by atoms with Crippen molar-refractivity contribution in [1.82, 2.24) is 15.1 Å². The maximum absolute atomic E-state index is 11.7. The summed E-state index contributed by atoms with van der Waals surface area (Å²) in [5, 5.41) is 3.03. The van der Waals surface area contributed by atoms with Gasteiger partial charge in [-0.15, -0.1) is 11.8 Å². The second-order valence-corrected chi connectivity index (χ2v) is 7.85. The number of carbonyl (C=O) groups excluding carboxylic acids is 1. The lowest BCUT2D eigenvalue weighted by molar-refractivity contribution is -0.121. The van der Waals surface area contributed by atoms with E-state index in [1.165, 1.54) is 4.90 Å². The van der Waals surface area contributed by atoms with Gasteiger partial charge in [-0.25, -0.2) is 0 Å². The molecule has 1 aromatic carbocycles. The van der Waals surface area contributed by atoms with E-state index in [9.17, 15) is 4.79 Å². The first-order valence-electron chi connectivity index (χ1n) is 8.56. The highest BCUT2D eigenvalue weighted by molar-refractivity contribution is 7.99. The van der Waals surface area contributed by atoms with Gasteiger partial charge in [0, 0.05) is 55.3 Å². The molecule has 1 spiro atoms. The molecule has 0 radical (unpaired) electrons. The van der Waals surface area contributed by atoms with Crippen LogP contribution in [0.2, 0.25) is 0 Å². The van der Waals surface area contributed by atoms with Crippen LogP contribution in [0.5, 0.6) is 0 Å². The number of piperazine rings is 1. The van der Waals surface area contributed by atoms with E-state index in [1.54, 1.807) is 0 Å². The van der Waals surface area contributed by atoms with Crippen molar-refractivity contribution in [1.29, 1.82) is 0 Å². The minimum Gasteiger partial charge on any atom is -0.356 e. The normalized spacial score (nSPS) is 26.9. The van der Waals surface area contributed by atoms with Gasteiger partial charge < -0.3 is 5.32 Å². The first-order valence-corrected chi connectivity index (χ1v) is 9.55. The Balaban J connectivity index is 1.54. The third-order valence-electron chi connectivity index (χ3n) is 5.23. The summed E-state index contributed by atoms with van der Waals surface area (Å²) in [5.74, 6) is 1.34. The van der Waals surface area contributed by atoms with Crippen molar-refractivity contribution in [3.8, 4) is 0 Å². The number of carbonyl (C=O) groups is 1. The number of rotatable bonds is 4. The summed E-state index contributed by atoms with van der Waals surface area (Å²) in [5.41, 5.74) is 0.175. The fraction of sp³-hybridized carbons (Fsp3) is 0.611. The zero-order valence-corrected chi connectivity index (χ0v) is 14.8. The molecule has 0 aromatic heterocycles. The molecular formula is C18H27N3OS. The molecule has 2 fully saturated rings. The van der Waals surface area contributed by atoms with E-state index in [2.05, 4.69) is 52.5 Å². The predicted octanol–water partition coefficient (Wildman–Crippen LogP) is 2.06. The SMILES string of the molecule is CN1CCN(CCSc2ccccc2)C[C@]12CCNC(=O)CC2. The van der Waals surface area contributed by atoms with E-state index >= 15 is 0 Å². The maximum Gasteiger partial charge on any atom is 0.220 e. The van der Waals surface area contributed by atoms with Crippen molar-refractivity contribution >= 4 is 17.7 Å². The summed E-state index contributed by atoms with van der Waals surface area (Å²) >= 11 is 1.93. The number of nitrogens with zero attached hydrogens (tertiary/aromatic N) is 2. The first kappa shape index (κ1) is 16.8. The van der Waals surface area contributed by atoms with Crippen LogP contribution >= 0.6 is 11.8 Å². The zero-order chi connectivity index (χ0) is 16.1. The van der Waals surface area contributed by atoms with Crippen LogP contribution in [0.25, 0.3) is 0 Å². The Bertz CT molecular complexity index is 524. The highest BCUT2D eigenvalue weighted by Gasteiger charge is 2.40. The largest absolute Gasteiger partial charge is 0.356 e. The van der Waals surface area contributed by atoms with Gasteiger partial charge in [-0.2, -0.15) is 0 Å². The van der Waals surface area contributed by atoms with Gasteiger partial charge in [0.2, 0.25) is 5.91 Å². The molecule has 0 unspecified atom stereocenters. The van der Waals surface area contributed by atoms with Gasteiger partial charge in [0.15, 0.2) is 0 Å². The van der Waals surface area contributed by atoms with Gasteiger partial charge in [-0.3, -0.25) is 14.6 Å². The highest BCUT2D eigenvalue weighted by Crippen LogP contribution is 2.30. The number of thioether (sulfide) groups is 1. The van der Waals surface area contributed by atoms with E-state index in [0.29, 0.717) is 6.42 Å². The average molecular weight is 334 g/mol. The van der Waals surface area contributed by atoms with Crippen molar-refractivity contribution in [2.24, 2.45) is 0 Å². The molecule has 1 amide bonds. The number of hydrogen-bond donors (Lipinski definition) is 1. The summed E-state index contributed by atoms with van der Waals surface area (Å²) in [7, 11) is 2.23. The van der Waals surface area contributed by atoms with Crippen LogP contribution in [0.4, 0.5) is 0 Å². The Hall–Kier alpha value is -1.04. The quantitative estimate of drug-likeness (QED) is 0.856. The molecule has 2 heterocycles. The lowest BCUT2D eigenvalue weighted by atomic mass is 9.86. The van der Waals surface area contributed by atoms with Crippen LogP contribution in [0.15, 0.2) is 35.2 Å². The van der Waals surface area contributed by atoms with Crippen LogP contribution in [0.3, 0.4) is 0 Å². The third-order valence-corrected chi connectivity index (χ3v) is 6.22. The molecule has 1 atom stereocenters. The molecule has 126 valence electrons. The fourth-order valence-electron chi connectivity index (χ4n) is 3.68. The molecule has 4 nitrogen and oxygen atoms in total. The van der Waals surface area contributed by atoms with E-state index in [1.807, 2.05) is 11.8 Å². The van der Waals surface area contributed by atoms with Crippen molar-refractivity contribution < 1.29 is 4.79 Å². The minimum atomic E-state index is 0.175. The second-order valence-electron chi connectivity index (χ2n) is 6.68. The van der Waals surface area contributed by atoms with Crippen LogP contribution in [-0.4, -0.2) is 66.8 Å². The van der Waals surface area contributed by atoms with Crippen molar-refractivity contribution in [2.45, 2.75) is 29.7 Å². The molecule has 2 aliphatic heterocycles. The molecule has 23 heavy (non-hydrogen) atoms. The monoisotopic (exact) mass is 333 g/mol. The molecule has 0 saturated carbocycles. The summed E-state index contributed by atoms with van der Waals surface area (Å²) in [4.78, 5) is 18.1. The second kappa shape index (κ2) is 7.69. The van der Waals surface area contributed by atoms with Crippen molar-refractivity contribution in [3.05, 3.63) is 30.3 Å². The van der Waals surface area contributed by atoms with Crippen LogP contribution in [0.1, 0.15) is 19.3 Å². The molecule has 1 aromatic rings. The summed E-state index contributed by atoms with van der Waals surface area (Å²) in [6.45, 7) is 5.26. The number of hydrogen-bond acceptors (Lipinski definition) is 4. The molecule has 0 aliphatic carbocycles. The standard InChI is InChI=1S/C18H27N3OS/c1-20-11-12-21(13-14-23-16-5-3-2-4-6-16)15-18(20)8-7-17(22)19-10-9-18/h2-6H,7-15H2,1H3,(H,19,22)/t18-/m0/s1. The Morgan fingerprint density at radius 3 is 2.87 bits per heavy atom. The molecule has 3 rings (SSSR count). The summed E-state index contributed by atoms with van der Waals surface area (Å²) < 4.78 is 0. The van der Waals surface area contributed by atoms with Crippen LogP contribution < -0.4 is 5.32 Å². The van der Waals surface area contributed by atoms with Gasteiger partial charge in [0.1, 0.15) is 0 Å². The third kappa shape index (κ3) is 4.28. The Labute approximate surface area is 143 Å². The Morgan fingerprint density at radius 1 is 1.22 bits per heavy atom. The van der Waals surface area contributed by atoms with Gasteiger partial charge in [-0.05, 0) is 32.0 Å². The Kier molecular flexibility index (Phi) is 5.62. The highest BCUT2D eigenvalue weighted by atomic mass is 32.2. The zero-order valence-electron chi connectivity index (χ0n) is 14.0. The molecular weight excluding hydrogens is 306 g/mol.